The Morgan fingerprint density at radius 2 is 1.96 bits per heavy atom. The highest BCUT2D eigenvalue weighted by Crippen LogP contribution is 2.29. The van der Waals surface area contributed by atoms with Crippen molar-refractivity contribution in [2.24, 2.45) is 0 Å². The van der Waals surface area contributed by atoms with Crippen molar-refractivity contribution in [3.63, 3.8) is 0 Å². The average Bonchev–Trinajstić information content (AvgIpc) is 3.12. The Kier molecular flexibility index (Phi) is 4.79. The Hall–Kier alpha value is -2.89. The number of carbonyl (C=O) groups is 1. The molecule has 1 aliphatic rings. The highest BCUT2D eigenvalue weighted by molar-refractivity contribution is 5.68. The zero-order chi connectivity index (χ0) is 19.7. The highest BCUT2D eigenvalue weighted by atomic mass is 16.6. The minimum atomic E-state index is -0.486. The van der Waals surface area contributed by atoms with Gasteiger partial charge in [-0.15, -0.1) is 0 Å². The molecule has 1 unspecified atom stereocenters. The summed E-state index contributed by atoms with van der Waals surface area (Å²) in [7, 11) is 0. The van der Waals surface area contributed by atoms with Gasteiger partial charge in [-0.05, 0) is 39.7 Å². The fourth-order valence-corrected chi connectivity index (χ4v) is 3.68. The van der Waals surface area contributed by atoms with E-state index < -0.39 is 5.60 Å². The number of ether oxygens (including phenoxy) is 1. The quantitative estimate of drug-likeness (QED) is 0.658. The van der Waals surface area contributed by atoms with Crippen molar-refractivity contribution in [2.75, 3.05) is 13.1 Å². The van der Waals surface area contributed by atoms with Crippen LogP contribution in [-0.4, -0.2) is 44.3 Å². The Morgan fingerprint density at radius 3 is 2.71 bits per heavy atom. The van der Waals surface area contributed by atoms with Crippen LogP contribution in [0.5, 0.6) is 0 Å². The number of hydrogen-bond acceptors (Lipinski definition) is 4. The van der Waals surface area contributed by atoms with E-state index >= 15 is 0 Å². The second-order valence-electron chi connectivity index (χ2n) is 8.30. The first kappa shape index (κ1) is 18.5. The highest BCUT2D eigenvalue weighted by Gasteiger charge is 2.29. The van der Waals surface area contributed by atoms with Crippen LogP contribution in [0.4, 0.5) is 4.79 Å². The molecule has 2 aromatic heterocycles. The van der Waals surface area contributed by atoms with Crippen LogP contribution in [0.3, 0.4) is 0 Å². The van der Waals surface area contributed by atoms with Crippen LogP contribution in [-0.2, 0) is 4.74 Å². The van der Waals surface area contributed by atoms with Gasteiger partial charge in [-0.25, -0.2) is 14.3 Å². The van der Waals surface area contributed by atoms with Crippen LogP contribution in [0, 0.1) is 0 Å². The minimum absolute atomic E-state index is 0.204. The molecule has 0 N–H and O–H groups in total. The van der Waals surface area contributed by atoms with Crippen molar-refractivity contribution in [3.8, 4) is 11.3 Å². The fourth-order valence-electron chi connectivity index (χ4n) is 3.68. The van der Waals surface area contributed by atoms with E-state index in [9.17, 15) is 4.79 Å². The maximum absolute atomic E-state index is 12.5. The van der Waals surface area contributed by atoms with Gasteiger partial charge in [0.2, 0.25) is 0 Å². The Bertz CT molecular complexity index is 975. The molecule has 1 atom stereocenters. The Morgan fingerprint density at radius 1 is 1.18 bits per heavy atom. The van der Waals surface area contributed by atoms with E-state index in [-0.39, 0.29) is 12.0 Å². The van der Waals surface area contributed by atoms with Gasteiger partial charge in [-0.1, -0.05) is 30.3 Å². The standard InChI is InChI=1S/C22H26N4O2/c1-22(2,3)28-21(27)25-13-7-10-17(15-25)19-11-12-23-20-14-18(24-26(19)20)16-8-5-4-6-9-16/h4-6,8-9,11-12,14,17H,7,10,13,15H2,1-3H3. The zero-order valence-electron chi connectivity index (χ0n) is 16.6. The van der Waals surface area contributed by atoms with Crippen LogP contribution < -0.4 is 0 Å². The molecular weight excluding hydrogens is 352 g/mol. The summed E-state index contributed by atoms with van der Waals surface area (Å²) in [4.78, 5) is 18.8. The molecule has 3 heterocycles. The average molecular weight is 378 g/mol. The number of fused-ring (bicyclic) bond motifs is 1. The van der Waals surface area contributed by atoms with E-state index in [2.05, 4.69) is 4.98 Å². The Balaban J connectivity index is 1.61. The van der Waals surface area contributed by atoms with Crippen molar-refractivity contribution in [3.05, 3.63) is 54.4 Å². The topological polar surface area (TPSA) is 59.7 Å². The number of hydrogen-bond donors (Lipinski definition) is 0. The van der Waals surface area contributed by atoms with Gasteiger partial charge < -0.3 is 9.64 Å². The molecule has 1 amide bonds. The molecule has 146 valence electrons. The van der Waals surface area contributed by atoms with Gasteiger partial charge in [0, 0.05) is 36.8 Å². The minimum Gasteiger partial charge on any atom is -0.444 e. The van der Waals surface area contributed by atoms with E-state index in [1.165, 1.54) is 0 Å². The summed E-state index contributed by atoms with van der Waals surface area (Å²) in [6.07, 6.45) is 3.54. The van der Waals surface area contributed by atoms with Crippen molar-refractivity contribution in [1.29, 1.82) is 0 Å². The molecular formula is C22H26N4O2. The first-order valence-electron chi connectivity index (χ1n) is 9.79. The van der Waals surface area contributed by atoms with E-state index in [4.69, 9.17) is 9.84 Å². The van der Waals surface area contributed by atoms with Crippen LogP contribution in [0.1, 0.15) is 45.2 Å². The van der Waals surface area contributed by atoms with Crippen LogP contribution in [0.15, 0.2) is 48.7 Å². The molecule has 6 nitrogen and oxygen atoms in total. The smallest absolute Gasteiger partial charge is 0.410 e. The molecule has 28 heavy (non-hydrogen) atoms. The third-order valence-electron chi connectivity index (χ3n) is 4.95. The summed E-state index contributed by atoms with van der Waals surface area (Å²) < 4.78 is 7.49. The van der Waals surface area contributed by atoms with E-state index in [1.807, 2.05) is 78.8 Å². The number of aromatic nitrogens is 3. The lowest BCUT2D eigenvalue weighted by molar-refractivity contribution is 0.0196. The van der Waals surface area contributed by atoms with E-state index in [0.29, 0.717) is 6.54 Å². The normalized spacial score (nSPS) is 17.7. The maximum Gasteiger partial charge on any atom is 0.410 e. The number of carbonyl (C=O) groups excluding carboxylic acids is 1. The second-order valence-corrected chi connectivity index (χ2v) is 8.30. The Labute approximate surface area is 165 Å². The molecule has 0 saturated carbocycles. The largest absolute Gasteiger partial charge is 0.444 e. The molecule has 0 aliphatic carbocycles. The first-order valence-corrected chi connectivity index (χ1v) is 9.79. The summed E-state index contributed by atoms with van der Waals surface area (Å²) in [6.45, 7) is 7.05. The third kappa shape index (κ3) is 3.86. The summed E-state index contributed by atoms with van der Waals surface area (Å²) in [5.74, 6) is 0.204. The van der Waals surface area contributed by atoms with Gasteiger partial charge in [0.15, 0.2) is 5.65 Å². The molecule has 0 spiro atoms. The molecule has 1 aliphatic heterocycles. The third-order valence-corrected chi connectivity index (χ3v) is 4.95. The molecule has 1 aromatic carbocycles. The van der Waals surface area contributed by atoms with Gasteiger partial charge in [0.05, 0.1) is 11.4 Å². The predicted molar refractivity (Wildman–Crippen MR) is 108 cm³/mol. The van der Waals surface area contributed by atoms with Gasteiger partial charge >= 0.3 is 6.09 Å². The van der Waals surface area contributed by atoms with Crippen molar-refractivity contribution in [2.45, 2.75) is 45.1 Å². The summed E-state index contributed by atoms with van der Waals surface area (Å²) >= 11 is 0. The number of likely N-dealkylation sites (tertiary alicyclic amines) is 1. The lowest BCUT2D eigenvalue weighted by atomic mass is 9.95. The number of nitrogens with zero attached hydrogens (tertiary/aromatic N) is 4. The lowest BCUT2D eigenvalue weighted by Gasteiger charge is -2.34. The molecule has 0 radical (unpaired) electrons. The molecule has 0 bridgehead atoms. The summed E-state index contributed by atoms with van der Waals surface area (Å²) in [5.41, 5.74) is 3.39. The summed E-state index contributed by atoms with van der Waals surface area (Å²) in [5, 5.41) is 4.81. The predicted octanol–water partition coefficient (Wildman–Crippen LogP) is 4.51. The fraction of sp³-hybridized carbons (Fsp3) is 0.409. The number of amides is 1. The first-order chi connectivity index (χ1) is 13.4. The number of piperidine rings is 1. The van der Waals surface area contributed by atoms with Gasteiger partial charge in [-0.2, -0.15) is 5.10 Å². The molecule has 4 rings (SSSR count). The molecule has 6 heteroatoms. The van der Waals surface area contributed by atoms with Crippen molar-refractivity contribution in [1.82, 2.24) is 19.5 Å². The van der Waals surface area contributed by atoms with Gasteiger partial charge in [0.25, 0.3) is 0 Å². The second kappa shape index (κ2) is 7.26. The van der Waals surface area contributed by atoms with Crippen LogP contribution >= 0.6 is 0 Å². The summed E-state index contributed by atoms with van der Waals surface area (Å²) in [6, 6.07) is 14.1. The maximum atomic E-state index is 12.5. The zero-order valence-corrected chi connectivity index (χ0v) is 16.6. The van der Waals surface area contributed by atoms with Crippen molar-refractivity contribution >= 4 is 11.7 Å². The molecule has 3 aromatic rings. The monoisotopic (exact) mass is 378 g/mol. The van der Waals surface area contributed by atoms with Gasteiger partial charge in [-0.3, -0.25) is 0 Å². The van der Waals surface area contributed by atoms with Crippen LogP contribution in [0.2, 0.25) is 0 Å². The number of benzene rings is 1. The van der Waals surface area contributed by atoms with E-state index in [0.717, 1.165) is 42.0 Å². The van der Waals surface area contributed by atoms with Gasteiger partial charge in [0.1, 0.15) is 5.60 Å². The SMILES string of the molecule is CC(C)(C)OC(=O)N1CCCC(c2ccnc3cc(-c4ccccc4)nn23)C1. The molecule has 1 fully saturated rings. The van der Waals surface area contributed by atoms with Crippen LogP contribution in [0.25, 0.3) is 16.9 Å². The van der Waals surface area contributed by atoms with E-state index in [1.54, 1.807) is 0 Å². The lowest BCUT2D eigenvalue weighted by Crippen LogP contribution is -2.42. The van der Waals surface area contributed by atoms with Crippen molar-refractivity contribution < 1.29 is 9.53 Å². The number of rotatable bonds is 2. The molecule has 1 saturated heterocycles.